The van der Waals surface area contributed by atoms with Crippen LogP contribution < -0.4 is 0 Å². The Hall–Kier alpha value is -1.07. The summed E-state index contributed by atoms with van der Waals surface area (Å²) >= 11 is 0. The molecule has 0 aliphatic carbocycles. The van der Waals surface area contributed by atoms with Gasteiger partial charge in [0.05, 0.1) is 11.7 Å². The van der Waals surface area contributed by atoms with E-state index in [0.717, 1.165) is 6.07 Å². The Morgan fingerprint density at radius 1 is 1.17 bits per heavy atom. The van der Waals surface area contributed by atoms with E-state index in [1.807, 2.05) is 0 Å². The molecule has 0 fully saturated rings. The van der Waals surface area contributed by atoms with E-state index in [4.69, 9.17) is 4.74 Å². The van der Waals surface area contributed by atoms with Crippen molar-refractivity contribution in [3.05, 3.63) is 35.4 Å². The maximum atomic E-state index is 12.8. The highest BCUT2D eigenvalue weighted by Crippen LogP contribution is 2.36. The fourth-order valence-electron chi connectivity index (χ4n) is 1.96. The molecule has 2 atom stereocenters. The van der Waals surface area contributed by atoms with Crippen molar-refractivity contribution in [3.63, 3.8) is 0 Å². The molecule has 0 saturated heterocycles. The van der Waals surface area contributed by atoms with E-state index in [1.165, 1.54) is 25.3 Å². The first kappa shape index (κ1) is 15.0. The van der Waals surface area contributed by atoms with Gasteiger partial charge in [0.15, 0.2) is 0 Å². The van der Waals surface area contributed by atoms with Gasteiger partial charge >= 0.3 is 6.18 Å². The van der Waals surface area contributed by atoms with Crippen LogP contribution in [-0.2, 0) is 10.9 Å². The summed E-state index contributed by atoms with van der Waals surface area (Å²) in [5, 5.41) is 10.1. The molecule has 0 amide bonds. The van der Waals surface area contributed by atoms with E-state index in [1.54, 1.807) is 13.8 Å². The molecule has 0 saturated carbocycles. The van der Waals surface area contributed by atoms with Crippen LogP contribution >= 0.6 is 0 Å². The zero-order valence-corrected chi connectivity index (χ0v) is 10.5. The minimum absolute atomic E-state index is 0.0914. The van der Waals surface area contributed by atoms with Gasteiger partial charge in [0.25, 0.3) is 0 Å². The molecule has 2 nitrogen and oxygen atoms in total. The first-order valence-electron chi connectivity index (χ1n) is 5.66. The van der Waals surface area contributed by atoms with Gasteiger partial charge in [-0.25, -0.2) is 0 Å². The van der Waals surface area contributed by atoms with Gasteiger partial charge in [-0.05, 0) is 17.5 Å². The molecule has 0 heterocycles. The SMILES string of the molecule is COC(C(C)C)C(O)c1ccccc1C(F)(F)F. The summed E-state index contributed by atoms with van der Waals surface area (Å²) < 4.78 is 43.6. The molecule has 0 aliphatic rings. The number of halogens is 3. The lowest BCUT2D eigenvalue weighted by atomic mass is 9.92. The number of alkyl halides is 3. The fraction of sp³-hybridized carbons (Fsp3) is 0.538. The molecule has 0 spiro atoms. The molecular weight excluding hydrogens is 245 g/mol. The molecule has 0 aromatic heterocycles. The third-order valence-electron chi connectivity index (χ3n) is 2.83. The van der Waals surface area contributed by atoms with Crippen molar-refractivity contribution in [1.82, 2.24) is 0 Å². The van der Waals surface area contributed by atoms with Crippen LogP contribution in [0.25, 0.3) is 0 Å². The molecular formula is C13H17F3O2. The summed E-state index contributed by atoms with van der Waals surface area (Å²) in [6.45, 7) is 3.57. The average Bonchev–Trinajstić information content (AvgIpc) is 2.28. The highest BCUT2D eigenvalue weighted by Gasteiger charge is 2.36. The van der Waals surface area contributed by atoms with Crippen molar-refractivity contribution < 1.29 is 23.0 Å². The third kappa shape index (κ3) is 3.23. The van der Waals surface area contributed by atoms with Gasteiger partial charge in [0.1, 0.15) is 6.10 Å². The van der Waals surface area contributed by atoms with E-state index in [9.17, 15) is 18.3 Å². The number of hydrogen-bond acceptors (Lipinski definition) is 2. The number of benzene rings is 1. The van der Waals surface area contributed by atoms with Crippen molar-refractivity contribution in [2.24, 2.45) is 5.92 Å². The van der Waals surface area contributed by atoms with Crippen LogP contribution in [-0.4, -0.2) is 18.3 Å². The largest absolute Gasteiger partial charge is 0.416 e. The fourth-order valence-corrected chi connectivity index (χ4v) is 1.96. The molecule has 0 aliphatic heterocycles. The lowest BCUT2D eigenvalue weighted by Gasteiger charge is -2.27. The number of ether oxygens (including phenoxy) is 1. The van der Waals surface area contributed by atoms with Crippen molar-refractivity contribution in [3.8, 4) is 0 Å². The van der Waals surface area contributed by atoms with Crippen LogP contribution in [0.5, 0.6) is 0 Å². The first-order valence-corrected chi connectivity index (χ1v) is 5.66. The molecule has 18 heavy (non-hydrogen) atoms. The Labute approximate surface area is 104 Å². The number of rotatable bonds is 4. The maximum Gasteiger partial charge on any atom is 0.416 e. The summed E-state index contributed by atoms with van der Waals surface area (Å²) in [4.78, 5) is 0. The van der Waals surface area contributed by atoms with Crippen molar-refractivity contribution in [1.29, 1.82) is 0 Å². The molecule has 1 N–H and O–H groups in total. The van der Waals surface area contributed by atoms with E-state index in [2.05, 4.69) is 0 Å². The molecule has 102 valence electrons. The molecule has 1 rings (SSSR count). The zero-order chi connectivity index (χ0) is 13.9. The van der Waals surface area contributed by atoms with E-state index in [0.29, 0.717) is 0 Å². The summed E-state index contributed by atoms with van der Waals surface area (Å²) in [7, 11) is 1.38. The van der Waals surface area contributed by atoms with E-state index >= 15 is 0 Å². The van der Waals surface area contributed by atoms with Crippen molar-refractivity contribution >= 4 is 0 Å². The molecule has 5 heteroatoms. The van der Waals surface area contributed by atoms with Gasteiger partial charge < -0.3 is 9.84 Å². The minimum atomic E-state index is -4.48. The van der Waals surface area contributed by atoms with Crippen LogP contribution in [0.15, 0.2) is 24.3 Å². The highest BCUT2D eigenvalue weighted by atomic mass is 19.4. The highest BCUT2D eigenvalue weighted by molar-refractivity contribution is 5.32. The quantitative estimate of drug-likeness (QED) is 0.901. The zero-order valence-electron chi connectivity index (χ0n) is 10.5. The Balaban J connectivity index is 3.17. The summed E-state index contributed by atoms with van der Waals surface area (Å²) in [6, 6.07) is 5.02. The third-order valence-corrected chi connectivity index (χ3v) is 2.83. The van der Waals surface area contributed by atoms with Gasteiger partial charge in [0, 0.05) is 7.11 Å². The molecule has 0 bridgehead atoms. The smallest absolute Gasteiger partial charge is 0.386 e. The maximum absolute atomic E-state index is 12.8. The monoisotopic (exact) mass is 262 g/mol. The molecule has 0 radical (unpaired) electrons. The molecule has 2 unspecified atom stereocenters. The normalized spacial score (nSPS) is 15.8. The minimum Gasteiger partial charge on any atom is -0.386 e. The Bertz CT molecular complexity index is 388. The number of methoxy groups -OCH3 is 1. The van der Waals surface area contributed by atoms with Crippen molar-refractivity contribution in [2.75, 3.05) is 7.11 Å². The molecule has 1 aromatic carbocycles. The summed E-state index contributed by atoms with van der Waals surface area (Å²) in [5.41, 5.74) is -0.967. The predicted molar refractivity (Wildman–Crippen MR) is 62.0 cm³/mol. The van der Waals surface area contributed by atoms with Crippen LogP contribution in [0.1, 0.15) is 31.1 Å². The van der Waals surface area contributed by atoms with Crippen LogP contribution in [0.2, 0.25) is 0 Å². The first-order chi connectivity index (χ1) is 8.29. The second-order valence-electron chi connectivity index (χ2n) is 4.47. The summed E-state index contributed by atoms with van der Waals surface area (Å²) in [6.07, 6.45) is -6.45. The Kier molecular flexibility index (Phi) is 4.76. The number of hydrogen-bond donors (Lipinski definition) is 1. The Morgan fingerprint density at radius 3 is 2.17 bits per heavy atom. The van der Waals surface area contributed by atoms with Gasteiger partial charge in [-0.1, -0.05) is 32.0 Å². The average molecular weight is 262 g/mol. The summed E-state index contributed by atoms with van der Waals surface area (Å²) in [5.74, 6) is -0.0914. The number of aliphatic hydroxyl groups is 1. The van der Waals surface area contributed by atoms with Crippen molar-refractivity contribution in [2.45, 2.75) is 32.2 Å². The Morgan fingerprint density at radius 2 is 1.72 bits per heavy atom. The number of aliphatic hydroxyl groups excluding tert-OH is 1. The second-order valence-corrected chi connectivity index (χ2v) is 4.47. The van der Waals surface area contributed by atoms with Crippen LogP contribution in [0, 0.1) is 5.92 Å². The van der Waals surface area contributed by atoms with E-state index < -0.39 is 23.9 Å². The predicted octanol–water partition coefficient (Wildman–Crippen LogP) is 3.41. The van der Waals surface area contributed by atoms with Crippen LogP contribution in [0.3, 0.4) is 0 Å². The van der Waals surface area contributed by atoms with E-state index in [-0.39, 0.29) is 11.5 Å². The topological polar surface area (TPSA) is 29.5 Å². The van der Waals surface area contributed by atoms with Gasteiger partial charge in [0.2, 0.25) is 0 Å². The van der Waals surface area contributed by atoms with Gasteiger partial charge in [-0.3, -0.25) is 0 Å². The standard InChI is InChI=1S/C13H17F3O2/c1-8(2)12(18-3)11(17)9-6-4-5-7-10(9)13(14,15)16/h4-8,11-12,17H,1-3H3. The van der Waals surface area contributed by atoms with Crippen LogP contribution in [0.4, 0.5) is 13.2 Å². The lowest BCUT2D eigenvalue weighted by molar-refractivity contribution is -0.140. The van der Waals surface area contributed by atoms with Gasteiger partial charge in [-0.2, -0.15) is 13.2 Å². The molecule has 1 aromatic rings. The second kappa shape index (κ2) is 5.71. The lowest BCUT2D eigenvalue weighted by Crippen LogP contribution is -2.28. The van der Waals surface area contributed by atoms with Gasteiger partial charge in [-0.15, -0.1) is 0 Å².